The van der Waals surface area contributed by atoms with Crippen LogP contribution in [-0.2, 0) is 10.8 Å². The number of anilines is 1. The van der Waals surface area contributed by atoms with Crippen LogP contribution in [0, 0.1) is 0 Å². The Morgan fingerprint density at radius 3 is 2.76 bits per heavy atom. The third kappa shape index (κ3) is 3.52. The minimum absolute atomic E-state index is 0.293. The molecular formula is C23H22N2O2S2. The Hall–Kier alpha value is -2.41. The molecule has 0 bridgehead atoms. The van der Waals surface area contributed by atoms with Gasteiger partial charge < -0.3 is 15.0 Å². The molecule has 1 fully saturated rings. The number of benzene rings is 2. The zero-order chi connectivity index (χ0) is 20.0. The lowest BCUT2D eigenvalue weighted by atomic mass is 10.1. The first-order valence-electron chi connectivity index (χ1n) is 9.65. The van der Waals surface area contributed by atoms with Crippen LogP contribution in [0.15, 0.2) is 64.2 Å². The van der Waals surface area contributed by atoms with E-state index in [-0.39, 0.29) is 6.10 Å². The summed E-state index contributed by atoms with van der Waals surface area (Å²) in [7, 11) is -1.05. The van der Waals surface area contributed by atoms with Crippen LogP contribution in [0.1, 0.15) is 6.42 Å². The second-order valence-corrected chi connectivity index (χ2v) is 9.68. The molecule has 6 heteroatoms. The summed E-state index contributed by atoms with van der Waals surface area (Å²) in [5, 5.41) is 15.4. The van der Waals surface area contributed by atoms with Gasteiger partial charge in [0.05, 0.1) is 6.10 Å². The average molecular weight is 423 g/mol. The van der Waals surface area contributed by atoms with Crippen molar-refractivity contribution in [2.45, 2.75) is 17.4 Å². The molecule has 5 rings (SSSR count). The lowest BCUT2D eigenvalue weighted by Crippen LogP contribution is -2.21. The van der Waals surface area contributed by atoms with Gasteiger partial charge >= 0.3 is 0 Å². The summed E-state index contributed by atoms with van der Waals surface area (Å²) < 4.78 is 12.1. The van der Waals surface area contributed by atoms with Gasteiger partial charge in [0.2, 0.25) is 0 Å². The number of H-pyrrole nitrogens is 1. The maximum Gasteiger partial charge on any atom is 0.0731 e. The number of nitrogens with zero attached hydrogens (tertiary/aromatic N) is 1. The minimum atomic E-state index is -1.05. The highest BCUT2D eigenvalue weighted by Gasteiger charge is 2.23. The molecule has 3 heterocycles. The zero-order valence-corrected chi connectivity index (χ0v) is 17.7. The van der Waals surface area contributed by atoms with Crippen molar-refractivity contribution in [2.75, 3.05) is 24.2 Å². The van der Waals surface area contributed by atoms with Crippen molar-refractivity contribution in [1.82, 2.24) is 4.98 Å². The first-order chi connectivity index (χ1) is 14.1. The predicted molar refractivity (Wildman–Crippen MR) is 122 cm³/mol. The molecule has 0 saturated carbocycles. The van der Waals surface area contributed by atoms with E-state index >= 15 is 0 Å². The van der Waals surface area contributed by atoms with Crippen molar-refractivity contribution in [1.29, 1.82) is 0 Å². The van der Waals surface area contributed by atoms with Gasteiger partial charge in [-0.05, 0) is 64.7 Å². The largest absolute Gasteiger partial charge is 0.391 e. The molecule has 148 valence electrons. The highest BCUT2D eigenvalue weighted by atomic mass is 32.2. The number of hydrogen-bond donors (Lipinski definition) is 2. The third-order valence-electron chi connectivity index (χ3n) is 5.57. The second-order valence-electron chi connectivity index (χ2n) is 7.52. The van der Waals surface area contributed by atoms with Crippen molar-refractivity contribution >= 4 is 38.7 Å². The summed E-state index contributed by atoms with van der Waals surface area (Å²) in [6.07, 6.45) is 2.19. The standard InChI is InChI=1S/C23H22N2O2S2/c1-29(27)19-4-5-23(25-8-6-18(26)13-25)20(12-19)22-11-16-3-2-15(10-21(16)24-22)17-7-9-28-14-17/h2-5,7,9-12,14,18,24,26H,6,8,13H2,1H3. The Kier molecular flexibility index (Phi) is 4.78. The van der Waals surface area contributed by atoms with E-state index in [9.17, 15) is 9.32 Å². The molecule has 2 aromatic heterocycles. The van der Waals surface area contributed by atoms with E-state index in [4.69, 9.17) is 0 Å². The Morgan fingerprint density at radius 1 is 1.14 bits per heavy atom. The molecule has 0 aliphatic carbocycles. The maximum atomic E-state index is 12.1. The minimum Gasteiger partial charge on any atom is -0.391 e. The smallest absolute Gasteiger partial charge is 0.0731 e. The fraction of sp³-hybridized carbons (Fsp3) is 0.217. The van der Waals surface area contributed by atoms with Gasteiger partial charge in [0.25, 0.3) is 0 Å². The van der Waals surface area contributed by atoms with Crippen molar-refractivity contribution in [3.05, 3.63) is 59.3 Å². The molecular weight excluding hydrogens is 400 g/mol. The first-order valence-corrected chi connectivity index (χ1v) is 12.1. The molecule has 2 atom stereocenters. The van der Waals surface area contributed by atoms with Gasteiger partial charge in [-0.3, -0.25) is 4.21 Å². The first kappa shape index (κ1) is 18.6. The van der Waals surface area contributed by atoms with Crippen LogP contribution in [0.2, 0.25) is 0 Å². The fourth-order valence-corrected chi connectivity index (χ4v) is 5.24. The molecule has 2 aromatic carbocycles. The molecule has 29 heavy (non-hydrogen) atoms. The fourth-order valence-electron chi connectivity index (χ4n) is 4.03. The summed E-state index contributed by atoms with van der Waals surface area (Å²) in [5.41, 5.74) is 6.60. The van der Waals surface area contributed by atoms with Crippen LogP contribution in [0.4, 0.5) is 5.69 Å². The number of rotatable bonds is 4. The lowest BCUT2D eigenvalue weighted by Gasteiger charge is -2.21. The van der Waals surface area contributed by atoms with E-state index < -0.39 is 10.8 Å². The Bertz CT molecular complexity index is 1200. The molecule has 2 N–H and O–H groups in total. The SMILES string of the molecule is CS(=O)c1ccc(N2CCC(O)C2)c(-c2cc3ccc(-c4ccsc4)cc3[nH]2)c1. The molecule has 1 saturated heterocycles. The van der Waals surface area contributed by atoms with Crippen LogP contribution in [0.25, 0.3) is 33.3 Å². The van der Waals surface area contributed by atoms with Gasteiger partial charge in [-0.25, -0.2) is 0 Å². The van der Waals surface area contributed by atoms with Gasteiger partial charge in [0.15, 0.2) is 0 Å². The molecule has 2 unspecified atom stereocenters. The topological polar surface area (TPSA) is 56.3 Å². The summed E-state index contributed by atoms with van der Waals surface area (Å²) in [6.45, 7) is 1.45. The van der Waals surface area contributed by atoms with Crippen LogP contribution >= 0.6 is 11.3 Å². The van der Waals surface area contributed by atoms with E-state index in [0.29, 0.717) is 6.54 Å². The van der Waals surface area contributed by atoms with Crippen LogP contribution in [0.3, 0.4) is 0 Å². The number of β-amino-alcohol motifs (C(OH)–C–C–N with tert-alkyl or cyclic N) is 1. The number of aliphatic hydroxyl groups excluding tert-OH is 1. The average Bonchev–Trinajstić information content (AvgIpc) is 3.47. The number of aliphatic hydroxyl groups is 1. The van der Waals surface area contributed by atoms with Crippen LogP contribution < -0.4 is 4.90 Å². The number of fused-ring (bicyclic) bond motifs is 1. The van der Waals surface area contributed by atoms with E-state index in [2.05, 4.69) is 51.0 Å². The number of hydrogen-bond acceptors (Lipinski definition) is 4. The monoisotopic (exact) mass is 422 g/mol. The molecule has 0 amide bonds. The predicted octanol–water partition coefficient (Wildman–Crippen LogP) is 4.87. The van der Waals surface area contributed by atoms with Gasteiger partial charge in [0.1, 0.15) is 0 Å². The van der Waals surface area contributed by atoms with E-state index in [0.717, 1.165) is 45.7 Å². The van der Waals surface area contributed by atoms with Crippen molar-refractivity contribution < 1.29 is 9.32 Å². The molecule has 1 aliphatic heterocycles. The Labute approximate surface area is 176 Å². The van der Waals surface area contributed by atoms with Crippen LogP contribution in [0.5, 0.6) is 0 Å². The van der Waals surface area contributed by atoms with Gasteiger partial charge in [-0.2, -0.15) is 11.3 Å². The maximum absolute atomic E-state index is 12.1. The molecule has 0 radical (unpaired) electrons. The summed E-state index contributed by atoms with van der Waals surface area (Å²) in [5.74, 6) is 0. The van der Waals surface area contributed by atoms with E-state index in [1.165, 1.54) is 11.1 Å². The van der Waals surface area contributed by atoms with Crippen molar-refractivity contribution in [2.24, 2.45) is 0 Å². The highest BCUT2D eigenvalue weighted by Crippen LogP contribution is 2.36. The Morgan fingerprint density at radius 2 is 2.03 bits per heavy atom. The molecule has 1 aliphatic rings. The lowest BCUT2D eigenvalue weighted by molar-refractivity contribution is 0.198. The van der Waals surface area contributed by atoms with Crippen molar-refractivity contribution in [3.8, 4) is 22.4 Å². The summed E-state index contributed by atoms with van der Waals surface area (Å²) in [6, 6.07) is 16.7. The van der Waals surface area contributed by atoms with Crippen molar-refractivity contribution in [3.63, 3.8) is 0 Å². The highest BCUT2D eigenvalue weighted by molar-refractivity contribution is 7.84. The van der Waals surface area contributed by atoms with E-state index in [1.54, 1.807) is 17.6 Å². The zero-order valence-electron chi connectivity index (χ0n) is 16.1. The summed E-state index contributed by atoms with van der Waals surface area (Å²) in [4.78, 5) is 6.59. The third-order valence-corrected chi connectivity index (χ3v) is 7.17. The van der Waals surface area contributed by atoms with Crippen LogP contribution in [-0.4, -0.2) is 39.7 Å². The number of nitrogens with one attached hydrogen (secondary N) is 1. The number of aromatic nitrogens is 1. The summed E-state index contributed by atoms with van der Waals surface area (Å²) >= 11 is 1.70. The Balaban J connectivity index is 1.62. The van der Waals surface area contributed by atoms with Gasteiger partial charge in [0, 0.05) is 62.9 Å². The normalized spacial score (nSPS) is 17.9. The quantitative estimate of drug-likeness (QED) is 0.493. The second kappa shape index (κ2) is 7.44. The molecule has 4 nitrogen and oxygen atoms in total. The van der Waals surface area contributed by atoms with E-state index in [1.807, 2.05) is 18.2 Å². The molecule has 0 spiro atoms. The van der Waals surface area contributed by atoms with Gasteiger partial charge in [-0.15, -0.1) is 0 Å². The number of thiophene rings is 1. The van der Waals surface area contributed by atoms with Gasteiger partial charge in [-0.1, -0.05) is 12.1 Å². The molecule has 4 aromatic rings. The number of aromatic amines is 1.